The van der Waals surface area contributed by atoms with Crippen molar-refractivity contribution >= 4 is 11.6 Å². The molecule has 0 N–H and O–H groups in total. The molecule has 0 aromatic rings. The minimum absolute atomic E-state index is 0.456. The van der Waals surface area contributed by atoms with Crippen molar-refractivity contribution in [3.05, 3.63) is 0 Å². The third-order valence-corrected chi connectivity index (χ3v) is 3.24. The van der Waals surface area contributed by atoms with Crippen LogP contribution >= 0.6 is 11.6 Å². The molecule has 90 valence electrons. The standard InChI is InChI=1S/C12H23ClO2/c1-12(2)5-3-11(4-6-12)15-10-9-14-8-7-13/h11H,3-10H2,1-2H3. The maximum absolute atomic E-state index is 5.75. The van der Waals surface area contributed by atoms with Gasteiger partial charge in [0.2, 0.25) is 0 Å². The van der Waals surface area contributed by atoms with Crippen LogP contribution in [0.25, 0.3) is 0 Å². The van der Waals surface area contributed by atoms with E-state index in [1.165, 1.54) is 25.7 Å². The lowest BCUT2D eigenvalue weighted by Gasteiger charge is -2.34. The Morgan fingerprint density at radius 3 is 2.40 bits per heavy atom. The van der Waals surface area contributed by atoms with Gasteiger partial charge in [-0.05, 0) is 31.1 Å². The van der Waals surface area contributed by atoms with Gasteiger partial charge in [-0.25, -0.2) is 0 Å². The molecule has 0 spiro atoms. The van der Waals surface area contributed by atoms with Crippen molar-refractivity contribution in [2.24, 2.45) is 5.41 Å². The first-order valence-corrected chi connectivity index (χ1v) is 6.43. The zero-order valence-corrected chi connectivity index (χ0v) is 10.7. The molecule has 0 saturated heterocycles. The van der Waals surface area contributed by atoms with Crippen LogP contribution in [0, 0.1) is 5.41 Å². The Balaban J connectivity index is 1.99. The second-order valence-corrected chi connectivity index (χ2v) is 5.41. The van der Waals surface area contributed by atoms with E-state index in [1.807, 2.05) is 0 Å². The number of hydrogen-bond donors (Lipinski definition) is 0. The highest BCUT2D eigenvalue weighted by Crippen LogP contribution is 2.35. The molecule has 1 aliphatic rings. The first-order valence-electron chi connectivity index (χ1n) is 5.89. The summed E-state index contributed by atoms with van der Waals surface area (Å²) in [7, 11) is 0. The molecule has 0 aliphatic heterocycles. The van der Waals surface area contributed by atoms with Crippen molar-refractivity contribution in [2.45, 2.75) is 45.6 Å². The van der Waals surface area contributed by atoms with E-state index in [0.29, 0.717) is 37.2 Å². The highest BCUT2D eigenvalue weighted by molar-refractivity contribution is 6.17. The van der Waals surface area contributed by atoms with Crippen LogP contribution in [-0.2, 0) is 9.47 Å². The normalized spacial score (nSPS) is 21.8. The molecule has 0 amide bonds. The van der Waals surface area contributed by atoms with E-state index in [-0.39, 0.29) is 0 Å². The van der Waals surface area contributed by atoms with E-state index in [4.69, 9.17) is 21.1 Å². The van der Waals surface area contributed by atoms with Crippen molar-refractivity contribution in [1.82, 2.24) is 0 Å². The third kappa shape index (κ3) is 5.74. The molecule has 0 heterocycles. The fourth-order valence-corrected chi connectivity index (χ4v) is 2.08. The number of hydrogen-bond acceptors (Lipinski definition) is 2. The molecule has 1 fully saturated rings. The molecule has 0 unspecified atom stereocenters. The molecular weight excluding hydrogens is 212 g/mol. The van der Waals surface area contributed by atoms with Gasteiger partial charge in [-0.2, -0.15) is 0 Å². The smallest absolute Gasteiger partial charge is 0.0704 e. The van der Waals surface area contributed by atoms with Gasteiger partial charge < -0.3 is 9.47 Å². The summed E-state index contributed by atoms with van der Waals surface area (Å²) in [5.41, 5.74) is 0.523. The molecule has 15 heavy (non-hydrogen) atoms. The van der Waals surface area contributed by atoms with E-state index in [9.17, 15) is 0 Å². The molecule has 0 bridgehead atoms. The second-order valence-electron chi connectivity index (χ2n) is 5.04. The summed E-state index contributed by atoms with van der Waals surface area (Å²) >= 11 is 5.49. The van der Waals surface area contributed by atoms with E-state index in [1.54, 1.807) is 0 Å². The maximum atomic E-state index is 5.75. The average molecular weight is 235 g/mol. The van der Waals surface area contributed by atoms with Crippen LogP contribution in [0.3, 0.4) is 0 Å². The molecule has 2 nitrogen and oxygen atoms in total. The Morgan fingerprint density at radius 2 is 1.80 bits per heavy atom. The number of ether oxygens (including phenoxy) is 2. The quantitative estimate of drug-likeness (QED) is 0.519. The van der Waals surface area contributed by atoms with E-state index < -0.39 is 0 Å². The summed E-state index contributed by atoms with van der Waals surface area (Å²) in [6, 6.07) is 0. The van der Waals surface area contributed by atoms with Crippen molar-refractivity contribution in [2.75, 3.05) is 25.7 Å². The number of rotatable bonds is 6. The highest BCUT2D eigenvalue weighted by Gasteiger charge is 2.26. The molecule has 1 saturated carbocycles. The summed E-state index contributed by atoms with van der Waals surface area (Å²) < 4.78 is 11.0. The van der Waals surface area contributed by atoms with Gasteiger partial charge in [-0.1, -0.05) is 13.8 Å². The molecule has 0 radical (unpaired) electrons. The Morgan fingerprint density at radius 1 is 1.13 bits per heavy atom. The summed E-state index contributed by atoms with van der Waals surface area (Å²) in [5, 5.41) is 0. The van der Waals surface area contributed by atoms with E-state index in [0.717, 1.165) is 0 Å². The van der Waals surface area contributed by atoms with Gasteiger partial charge in [0.1, 0.15) is 0 Å². The zero-order chi connectivity index (χ0) is 11.1. The van der Waals surface area contributed by atoms with Crippen molar-refractivity contribution in [3.63, 3.8) is 0 Å². The molecule has 3 heteroatoms. The van der Waals surface area contributed by atoms with E-state index >= 15 is 0 Å². The minimum Gasteiger partial charge on any atom is -0.378 e. The largest absolute Gasteiger partial charge is 0.378 e. The third-order valence-electron chi connectivity index (χ3n) is 3.09. The van der Waals surface area contributed by atoms with Crippen LogP contribution in [-0.4, -0.2) is 31.8 Å². The molecule has 0 atom stereocenters. The van der Waals surface area contributed by atoms with Gasteiger partial charge in [0.05, 0.1) is 25.9 Å². The molecule has 1 rings (SSSR count). The lowest BCUT2D eigenvalue weighted by Crippen LogP contribution is -2.27. The lowest BCUT2D eigenvalue weighted by atomic mass is 9.76. The van der Waals surface area contributed by atoms with Crippen LogP contribution in [0.1, 0.15) is 39.5 Å². The maximum Gasteiger partial charge on any atom is 0.0704 e. The Kier molecular flexibility index (Phi) is 5.95. The molecule has 0 aromatic carbocycles. The average Bonchev–Trinajstić information content (AvgIpc) is 2.20. The number of alkyl halides is 1. The fraction of sp³-hybridized carbons (Fsp3) is 1.00. The van der Waals surface area contributed by atoms with Gasteiger partial charge in [0.15, 0.2) is 0 Å². The van der Waals surface area contributed by atoms with Crippen LogP contribution in [0.2, 0.25) is 0 Å². The highest BCUT2D eigenvalue weighted by atomic mass is 35.5. The summed E-state index contributed by atoms with van der Waals surface area (Å²) in [5.74, 6) is 0.567. The summed E-state index contributed by atoms with van der Waals surface area (Å²) in [6.45, 7) is 6.69. The predicted molar refractivity (Wildman–Crippen MR) is 63.5 cm³/mol. The molecular formula is C12H23ClO2. The Hall–Kier alpha value is 0.210. The summed E-state index contributed by atoms with van der Waals surface area (Å²) in [4.78, 5) is 0. The zero-order valence-electron chi connectivity index (χ0n) is 9.93. The van der Waals surface area contributed by atoms with Crippen molar-refractivity contribution in [1.29, 1.82) is 0 Å². The van der Waals surface area contributed by atoms with Gasteiger partial charge in [0.25, 0.3) is 0 Å². The predicted octanol–water partition coefficient (Wildman–Crippen LogP) is 3.23. The Labute approximate surface area is 98.3 Å². The first kappa shape index (κ1) is 13.3. The van der Waals surface area contributed by atoms with Crippen LogP contribution in [0.5, 0.6) is 0 Å². The van der Waals surface area contributed by atoms with Crippen molar-refractivity contribution in [3.8, 4) is 0 Å². The molecule has 0 aromatic heterocycles. The van der Waals surface area contributed by atoms with Crippen LogP contribution in [0.15, 0.2) is 0 Å². The van der Waals surface area contributed by atoms with Gasteiger partial charge in [-0.3, -0.25) is 0 Å². The van der Waals surface area contributed by atoms with Gasteiger partial charge in [-0.15, -0.1) is 11.6 Å². The first-order chi connectivity index (χ1) is 7.14. The fourth-order valence-electron chi connectivity index (χ4n) is 1.97. The van der Waals surface area contributed by atoms with E-state index in [2.05, 4.69) is 13.8 Å². The minimum atomic E-state index is 0.456. The summed E-state index contributed by atoms with van der Waals surface area (Å²) in [6.07, 6.45) is 5.41. The van der Waals surface area contributed by atoms with Crippen LogP contribution in [0.4, 0.5) is 0 Å². The van der Waals surface area contributed by atoms with Crippen LogP contribution < -0.4 is 0 Å². The lowest BCUT2D eigenvalue weighted by molar-refractivity contribution is -0.0229. The van der Waals surface area contributed by atoms with Gasteiger partial charge >= 0.3 is 0 Å². The van der Waals surface area contributed by atoms with Gasteiger partial charge in [0, 0.05) is 5.88 Å². The monoisotopic (exact) mass is 234 g/mol. The topological polar surface area (TPSA) is 18.5 Å². The SMILES string of the molecule is CC1(C)CCC(OCCOCCCl)CC1. The molecule has 1 aliphatic carbocycles. The second kappa shape index (κ2) is 6.72. The Bertz CT molecular complexity index is 161. The number of halogens is 1. The van der Waals surface area contributed by atoms with Crippen molar-refractivity contribution < 1.29 is 9.47 Å².